The Labute approximate surface area is 226 Å². The third kappa shape index (κ3) is 9.51. The van der Waals surface area contributed by atoms with E-state index in [0.717, 1.165) is 11.1 Å². The van der Waals surface area contributed by atoms with Gasteiger partial charge in [-0.05, 0) is 35.2 Å². The maximum absolute atomic E-state index is 12.5. The van der Waals surface area contributed by atoms with Crippen LogP contribution in [0.25, 0.3) is 11.1 Å². The van der Waals surface area contributed by atoms with Crippen LogP contribution in [0.2, 0.25) is 0 Å². The number of amides is 4. The molecule has 10 heteroatoms. The Hall–Kier alpha value is -4.86. The van der Waals surface area contributed by atoms with Gasteiger partial charge < -0.3 is 31.1 Å². The fraction of sp³-hybridized carbons (Fsp3) is 0.241. The smallest absolute Gasteiger partial charge is 0.319 e. The maximum Gasteiger partial charge on any atom is 0.319 e. The number of methoxy groups -OCH3 is 1. The second-order valence-corrected chi connectivity index (χ2v) is 8.67. The van der Waals surface area contributed by atoms with Crippen molar-refractivity contribution in [3.05, 3.63) is 84.4 Å². The fourth-order valence-corrected chi connectivity index (χ4v) is 3.84. The van der Waals surface area contributed by atoms with Crippen molar-refractivity contribution in [2.75, 3.05) is 25.5 Å². The van der Waals surface area contributed by atoms with Gasteiger partial charge in [0, 0.05) is 13.0 Å². The number of hydrogen-bond donors (Lipinski definition) is 5. The first-order chi connectivity index (χ1) is 18.9. The lowest BCUT2D eigenvalue weighted by atomic mass is 9.99. The first-order valence-electron chi connectivity index (χ1n) is 12.5. The van der Waals surface area contributed by atoms with Crippen molar-refractivity contribution in [2.24, 2.45) is 0 Å². The van der Waals surface area contributed by atoms with Crippen LogP contribution in [0.1, 0.15) is 30.9 Å². The highest BCUT2D eigenvalue weighted by Gasteiger charge is 2.19. The van der Waals surface area contributed by atoms with E-state index in [4.69, 9.17) is 4.74 Å². The molecule has 3 rings (SSSR count). The molecule has 5 N–H and O–H groups in total. The van der Waals surface area contributed by atoms with E-state index >= 15 is 0 Å². The number of urea groups is 1. The Kier molecular flexibility index (Phi) is 10.9. The van der Waals surface area contributed by atoms with E-state index in [2.05, 4.69) is 21.3 Å². The predicted molar refractivity (Wildman–Crippen MR) is 147 cm³/mol. The molecule has 3 aromatic carbocycles. The standard InChI is InChI=1S/C29H32N4O6/c1-39-25-11-6-5-10-23(25)33-29(38)30-17-7-12-26(34)31-19-27(35)32-24(18-28(36)37)22-15-13-21(14-16-22)20-8-3-2-4-9-20/h2-6,8-11,13-16,24H,7,12,17-19H2,1H3,(H,31,34)(H,32,35)(H,36,37)(H2,30,33,38). The molecule has 0 heterocycles. The van der Waals surface area contributed by atoms with Gasteiger partial charge in [-0.3, -0.25) is 14.4 Å². The van der Waals surface area contributed by atoms with Crippen molar-refractivity contribution in [3.8, 4) is 16.9 Å². The van der Waals surface area contributed by atoms with Gasteiger partial charge in [-0.1, -0.05) is 66.7 Å². The molecule has 1 atom stereocenters. The number of rotatable bonds is 13. The van der Waals surface area contributed by atoms with Crippen molar-refractivity contribution in [3.63, 3.8) is 0 Å². The summed E-state index contributed by atoms with van der Waals surface area (Å²) in [4.78, 5) is 48.0. The number of nitrogens with one attached hydrogen (secondary N) is 4. The van der Waals surface area contributed by atoms with Gasteiger partial charge in [-0.2, -0.15) is 0 Å². The molecule has 1 unspecified atom stereocenters. The molecule has 0 radical (unpaired) electrons. The number of hydrogen-bond acceptors (Lipinski definition) is 5. The van der Waals surface area contributed by atoms with Crippen LogP contribution in [0.3, 0.4) is 0 Å². The molecule has 0 aliphatic heterocycles. The average molecular weight is 533 g/mol. The van der Waals surface area contributed by atoms with Crippen LogP contribution in [-0.4, -0.2) is 49.1 Å². The lowest BCUT2D eigenvalue weighted by Gasteiger charge is -2.18. The highest BCUT2D eigenvalue weighted by Crippen LogP contribution is 2.24. The van der Waals surface area contributed by atoms with E-state index in [1.54, 1.807) is 36.4 Å². The van der Waals surface area contributed by atoms with Gasteiger partial charge >= 0.3 is 12.0 Å². The second kappa shape index (κ2) is 14.8. The average Bonchev–Trinajstić information content (AvgIpc) is 2.94. The van der Waals surface area contributed by atoms with Crippen LogP contribution in [0.4, 0.5) is 10.5 Å². The third-order valence-electron chi connectivity index (χ3n) is 5.80. The lowest BCUT2D eigenvalue weighted by Crippen LogP contribution is -2.39. The molecular formula is C29H32N4O6. The minimum absolute atomic E-state index is 0.0989. The van der Waals surface area contributed by atoms with Gasteiger partial charge in [-0.15, -0.1) is 0 Å². The molecule has 0 aliphatic carbocycles. The van der Waals surface area contributed by atoms with Crippen LogP contribution in [0, 0.1) is 0 Å². The van der Waals surface area contributed by atoms with Gasteiger partial charge in [-0.25, -0.2) is 4.79 Å². The van der Waals surface area contributed by atoms with Crippen molar-refractivity contribution in [1.29, 1.82) is 0 Å². The summed E-state index contributed by atoms with van der Waals surface area (Å²) in [5.41, 5.74) is 3.17. The monoisotopic (exact) mass is 532 g/mol. The predicted octanol–water partition coefficient (Wildman–Crippen LogP) is 3.71. The SMILES string of the molecule is COc1ccccc1NC(=O)NCCCC(=O)NCC(=O)NC(CC(=O)O)c1ccc(-c2ccccc2)cc1. The van der Waals surface area contributed by atoms with Gasteiger partial charge in [0.25, 0.3) is 0 Å². The summed E-state index contributed by atoms with van der Waals surface area (Å²) in [6.07, 6.45) is 0.164. The van der Waals surface area contributed by atoms with E-state index in [0.29, 0.717) is 23.4 Å². The third-order valence-corrected chi connectivity index (χ3v) is 5.80. The van der Waals surface area contributed by atoms with E-state index in [1.807, 2.05) is 42.5 Å². The molecule has 0 aromatic heterocycles. The summed E-state index contributed by atoms with van der Waals surface area (Å²) in [6, 6.07) is 22.9. The molecule has 4 amide bonds. The zero-order chi connectivity index (χ0) is 28.0. The Morgan fingerprint density at radius 2 is 1.49 bits per heavy atom. The second-order valence-electron chi connectivity index (χ2n) is 8.67. The van der Waals surface area contributed by atoms with Crippen molar-refractivity contribution < 1.29 is 29.0 Å². The number of anilines is 1. The van der Waals surface area contributed by atoms with Crippen molar-refractivity contribution in [2.45, 2.75) is 25.3 Å². The quantitative estimate of drug-likeness (QED) is 0.212. The van der Waals surface area contributed by atoms with E-state index in [9.17, 15) is 24.3 Å². The summed E-state index contributed by atoms with van der Waals surface area (Å²) < 4.78 is 5.18. The molecule has 39 heavy (non-hydrogen) atoms. The highest BCUT2D eigenvalue weighted by atomic mass is 16.5. The van der Waals surface area contributed by atoms with E-state index in [1.165, 1.54) is 7.11 Å². The maximum atomic E-state index is 12.5. The Balaban J connectivity index is 1.40. The number of carbonyl (C=O) groups excluding carboxylic acids is 3. The Morgan fingerprint density at radius 3 is 2.18 bits per heavy atom. The fourth-order valence-electron chi connectivity index (χ4n) is 3.84. The molecule has 0 aliphatic rings. The van der Waals surface area contributed by atoms with Crippen LogP contribution in [-0.2, 0) is 14.4 Å². The van der Waals surface area contributed by atoms with Crippen LogP contribution >= 0.6 is 0 Å². The molecule has 0 saturated heterocycles. The van der Waals surface area contributed by atoms with Crippen LogP contribution in [0.15, 0.2) is 78.9 Å². The normalized spacial score (nSPS) is 11.1. The number of ether oxygens (including phenoxy) is 1. The van der Waals surface area contributed by atoms with Crippen LogP contribution in [0.5, 0.6) is 5.75 Å². The van der Waals surface area contributed by atoms with E-state index < -0.39 is 23.9 Å². The summed E-state index contributed by atoms with van der Waals surface area (Å²) in [6.45, 7) is -0.0426. The van der Waals surface area contributed by atoms with Gasteiger partial charge in [0.1, 0.15) is 5.75 Å². The number of aliphatic carboxylic acids is 1. The molecule has 3 aromatic rings. The summed E-state index contributed by atoms with van der Waals surface area (Å²) in [5.74, 6) is -1.39. The summed E-state index contributed by atoms with van der Waals surface area (Å²) in [7, 11) is 1.51. The zero-order valence-electron chi connectivity index (χ0n) is 21.6. The number of benzene rings is 3. The number of carboxylic acids is 1. The molecule has 0 saturated carbocycles. The topological polar surface area (TPSA) is 146 Å². The number of carbonyl (C=O) groups is 4. The molecule has 204 valence electrons. The Morgan fingerprint density at radius 1 is 0.821 bits per heavy atom. The summed E-state index contributed by atoms with van der Waals surface area (Å²) in [5, 5.41) is 19.9. The summed E-state index contributed by atoms with van der Waals surface area (Å²) >= 11 is 0. The molecule has 0 fully saturated rings. The molecule has 10 nitrogen and oxygen atoms in total. The van der Waals surface area contributed by atoms with Gasteiger partial charge in [0.05, 0.1) is 31.8 Å². The highest BCUT2D eigenvalue weighted by molar-refractivity contribution is 5.91. The largest absolute Gasteiger partial charge is 0.495 e. The zero-order valence-corrected chi connectivity index (χ0v) is 21.6. The molecular weight excluding hydrogens is 500 g/mol. The minimum Gasteiger partial charge on any atom is -0.495 e. The number of carboxylic acid groups (broad SMARTS) is 1. The van der Waals surface area contributed by atoms with E-state index in [-0.39, 0.29) is 31.8 Å². The molecule has 0 bridgehead atoms. The minimum atomic E-state index is -1.06. The first kappa shape index (κ1) is 28.7. The van der Waals surface area contributed by atoms with Crippen molar-refractivity contribution >= 4 is 29.5 Å². The van der Waals surface area contributed by atoms with Gasteiger partial charge in [0.2, 0.25) is 11.8 Å². The van der Waals surface area contributed by atoms with Gasteiger partial charge in [0.15, 0.2) is 0 Å². The van der Waals surface area contributed by atoms with Crippen molar-refractivity contribution in [1.82, 2.24) is 16.0 Å². The first-order valence-corrected chi connectivity index (χ1v) is 12.5. The lowest BCUT2D eigenvalue weighted by molar-refractivity contribution is -0.138. The van der Waals surface area contributed by atoms with Crippen LogP contribution < -0.4 is 26.0 Å². The Bertz CT molecular complexity index is 1260. The molecule has 0 spiro atoms. The number of para-hydroxylation sites is 2.